The van der Waals surface area contributed by atoms with Crippen LogP contribution < -0.4 is 10.2 Å². The summed E-state index contributed by atoms with van der Waals surface area (Å²) in [6.07, 6.45) is 1.85. The molecule has 0 amide bonds. The number of halogens is 2. The third kappa shape index (κ3) is 3.26. The van der Waals surface area contributed by atoms with Crippen LogP contribution >= 0.6 is 12.4 Å². The topological polar surface area (TPSA) is 28.2 Å². The zero-order valence-electron chi connectivity index (χ0n) is 11.1. The first-order valence-electron chi connectivity index (χ1n) is 6.50. The summed E-state index contributed by atoms with van der Waals surface area (Å²) in [6, 6.07) is 10.6. The van der Waals surface area contributed by atoms with Gasteiger partial charge < -0.3 is 10.2 Å². The number of hydrogen-bond acceptors (Lipinski definition) is 3. The van der Waals surface area contributed by atoms with Crippen molar-refractivity contribution < 1.29 is 4.39 Å². The Morgan fingerprint density at radius 3 is 2.20 bits per heavy atom. The van der Waals surface area contributed by atoms with Crippen molar-refractivity contribution in [3.8, 4) is 11.1 Å². The molecular formula is C15H17ClFN3. The minimum Gasteiger partial charge on any atom is -0.354 e. The van der Waals surface area contributed by atoms with Crippen LogP contribution in [0, 0.1) is 5.82 Å². The molecule has 20 heavy (non-hydrogen) atoms. The monoisotopic (exact) mass is 293 g/mol. The number of hydrogen-bond donors (Lipinski definition) is 1. The summed E-state index contributed by atoms with van der Waals surface area (Å²) in [5, 5.41) is 3.32. The van der Waals surface area contributed by atoms with Gasteiger partial charge >= 0.3 is 0 Å². The minimum absolute atomic E-state index is 0. The molecule has 1 aliphatic heterocycles. The van der Waals surface area contributed by atoms with Crippen LogP contribution in [0.25, 0.3) is 11.1 Å². The second-order valence-electron chi connectivity index (χ2n) is 4.65. The lowest BCUT2D eigenvalue weighted by Crippen LogP contribution is -2.43. The second-order valence-corrected chi connectivity index (χ2v) is 4.65. The number of pyridine rings is 1. The summed E-state index contributed by atoms with van der Waals surface area (Å²) in [6.45, 7) is 3.98. The van der Waals surface area contributed by atoms with Crippen LogP contribution in [-0.2, 0) is 0 Å². The zero-order chi connectivity index (χ0) is 13.1. The van der Waals surface area contributed by atoms with Gasteiger partial charge in [-0.05, 0) is 29.8 Å². The first-order valence-corrected chi connectivity index (χ1v) is 6.50. The molecule has 1 aliphatic rings. The van der Waals surface area contributed by atoms with Crippen molar-refractivity contribution in [3.05, 3.63) is 48.4 Å². The van der Waals surface area contributed by atoms with Gasteiger partial charge in [-0.2, -0.15) is 0 Å². The average molecular weight is 294 g/mol. The van der Waals surface area contributed by atoms with Gasteiger partial charge in [0, 0.05) is 37.9 Å². The lowest BCUT2D eigenvalue weighted by Gasteiger charge is -2.28. The fraction of sp³-hybridized carbons (Fsp3) is 0.267. The average Bonchev–Trinajstić information content (AvgIpc) is 2.49. The van der Waals surface area contributed by atoms with Crippen LogP contribution in [0.3, 0.4) is 0 Å². The van der Waals surface area contributed by atoms with Crippen molar-refractivity contribution in [3.63, 3.8) is 0 Å². The summed E-state index contributed by atoms with van der Waals surface area (Å²) in [7, 11) is 0. The number of piperazine rings is 1. The van der Waals surface area contributed by atoms with Gasteiger partial charge in [0.15, 0.2) is 0 Å². The number of nitrogens with one attached hydrogen (secondary N) is 1. The molecule has 1 fully saturated rings. The van der Waals surface area contributed by atoms with E-state index in [-0.39, 0.29) is 18.2 Å². The van der Waals surface area contributed by atoms with Crippen molar-refractivity contribution in [2.75, 3.05) is 31.1 Å². The predicted molar refractivity (Wildman–Crippen MR) is 82.0 cm³/mol. The molecule has 0 aliphatic carbocycles. The van der Waals surface area contributed by atoms with Gasteiger partial charge in [-0.3, -0.25) is 0 Å². The molecule has 0 bridgehead atoms. The highest BCUT2D eigenvalue weighted by Crippen LogP contribution is 2.21. The van der Waals surface area contributed by atoms with Gasteiger partial charge in [0.2, 0.25) is 0 Å². The zero-order valence-corrected chi connectivity index (χ0v) is 11.9. The molecule has 0 saturated carbocycles. The number of rotatable bonds is 2. The van der Waals surface area contributed by atoms with Crippen LogP contribution in [0.2, 0.25) is 0 Å². The normalized spacial score (nSPS) is 14.8. The minimum atomic E-state index is -0.214. The Hall–Kier alpha value is -1.65. The Labute approximate surface area is 124 Å². The van der Waals surface area contributed by atoms with Crippen molar-refractivity contribution >= 4 is 18.2 Å². The van der Waals surface area contributed by atoms with Crippen LogP contribution in [-0.4, -0.2) is 31.2 Å². The standard InChI is InChI=1S/C15H16FN3.ClH/c16-14-4-1-12(2-5-14)13-3-6-15(18-11-13)19-9-7-17-8-10-19;/h1-6,11,17H,7-10H2;1H. The molecule has 2 aromatic rings. The molecule has 5 heteroatoms. The molecule has 0 radical (unpaired) electrons. The maximum Gasteiger partial charge on any atom is 0.128 e. The Bertz CT molecular complexity index is 536. The van der Waals surface area contributed by atoms with Gasteiger partial charge in [0.25, 0.3) is 0 Å². The number of anilines is 1. The van der Waals surface area contributed by atoms with E-state index >= 15 is 0 Å². The summed E-state index contributed by atoms with van der Waals surface area (Å²) in [5.41, 5.74) is 2.00. The molecule has 0 spiro atoms. The van der Waals surface area contributed by atoms with Gasteiger partial charge in [-0.15, -0.1) is 12.4 Å². The van der Waals surface area contributed by atoms with E-state index in [4.69, 9.17) is 0 Å². The van der Waals surface area contributed by atoms with E-state index in [0.717, 1.165) is 43.1 Å². The molecule has 1 aromatic heterocycles. The third-order valence-corrected chi connectivity index (χ3v) is 3.37. The molecular weight excluding hydrogens is 277 g/mol. The molecule has 1 aromatic carbocycles. The van der Waals surface area contributed by atoms with E-state index in [1.54, 1.807) is 12.1 Å². The fourth-order valence-corrected chi connectivity index (χ4v) is 2.28. The maximum absolute atomic E-state index is 12.9. The molecule has 1 N–H and O–H groups in total. The van der Waals surface area contributed by atoms with E-state index < -0.39 is 0 Å². The second kappa shape index (κ2) is 6.68. The number of aromatic nitrogens is 1. The van der Waals surface area contributed by atoms with Crippen molar-refractivity contribution in [2.45, 2.75) is 0 Å². The van der Waals surface area contributed by atoms with Crippen LogP contribution in [0.5, 0.6) is 0 Å². The van der Waals surface area contributed by atoms with E-state index in [9.17, 15) is 4.39 Å². The van der Waals surface area contributed by atoms with Gasteiger partial charge in [0.05, 0.1) is 0 Å². The highest BCUT2D eigenvalue weighted by Gasteiger charge is 2.11. The fourth-order valence-electron chi connectivity index (χ4n) is 2.28. The van der Waals surface area contributed by atoms with Crippen LogP contribution in [0.4, 0.5) is 10.2 Å². The van der Waals surface area contributed by atoms with Gasteiger partial charge in [-0.25, -0.2) is 9.37 Å². The van der Waals surface area contributed by atoms with E-state index in [2.05, 4.69) is 15.2 Å². The Morgan fingerprint density at radius 1 is 0.950 bits per heavy atom. The molecule has 0 atom stereocenters. The van der Waals surface area contributed by atoms with E-state index in [1.165, 1.54) is 12.1 Å². The van der Waals surface area contributed by atoms with E-state index in [0.29, 0.717) is 0 Å². The SMILES string of the molecule is Cl.Fc1ccc(-c2ccc(N3CCNCC3)nc2)cc1. The lowest BCUT2D eigenvalue weighted by molar-refractivity contribution is 0.585. The largest absolute Gasteiger partial charge is 0.354 e. The maximum atomic E-state index is 12.9. The molecule has 3 rings (SSSR count). The molecule has 2 heterocycles. The summed E-state index contributed by atoms with van der Waals surface area (Å²) in [5.74, 6) is 0.793. The molecule has 1 saturated heterocycles. The predicted octanol–water partition coefficient (Wildman–Crippen LogP) is 2.72. The Morgan fingerprint density at radius 2 is 1.60 bits per heavy atom. The van der Waals surface area contributed by atoms with Crippen molar-refractivity contribution in [2.24, 2.45) is 0 Å². The highest BCUT2D eigenvalue weighted by molar-refractivity contribution is 5.85. The number of nitrogens with zero attached hydrogens (tertiary/aromatic N) is 2. The van der Waals surface area contributed by atoms with E-state index in [1.807, 2.05) is 18.3 Å². The van der Waals surface area contributed by atoms with Crippen molar-refractivity contribution in [1.82, 2.24) is 10.3 Å². The first-order chi connectivity index (χ1) is 9.33. The third-order valence-electron chi connectivity index (χ3n) is 3.37. The summed E-state index contributed by atoms with van der Waals surface area (Å²) < 4.78 is 12.9. The summed E-state index contributed by atoms with van der Waals surface area (Å²) in [4.78, 5) is 6.77. The van der Waals surface area contributed by atoms with Gasteiger partial charge in [-0.1, -0.05) is 12.1 Å². The van der Waals surface area contributed by atoms with Crippen LogP contribution in [0.15, 0.2) is 42.6 Å². The van der Waals surface area contributed by atoms with Gasteiger partial charge in [0.1, 0.15) is 11.6 Å². The Kier molecular flexibility index (Phi) is 4.93. The Balaban J connectivity index is 0.00000147. The number of benzene rings is 1. The molecule has 3 nitrogen and oxygen atoms in total. The smallest absolute Gasteiger partial charge is 0.128 e. The molecule has 106 valence electrons. The highest BCUT2D eigenvalue weighted by atomic mass is 35.5. The van der Waals surface area contributed by atoms with Crippen molar-refractivity contribution in [1.29, 1.82) is 0 Å². The molecule has 0 unspecified atom stereocenters. The summed E-state index contributed by atoms with van der Waals surface area (Å²) >= 11 is 0. The lowest BCUT2D eigenvalue weighted by atomic mass is 10.1. The quantitative estimate of drug-likeness (QED) is 0.923. The van der Waals surface area contributed by atoms with Crippen LogP contribution in [0.1, 0.15) is 0 Å². The first kappa shape index (κ1) is 14.8.